The summed E-state index contributed by atoms with van der Waals surface area (Å²) in [5.41, 5.74) is 5.36. The number of phosphoric ester groups is 1. The zero-order chi connectivity index (χ0) is 43.2. The third-order valence-corrected chi connectivity index (χ3v) is 11.8. The standard InChI is InChI=1S/C49H94NO8P/c1-3-5-7-9-11-13-15-17-19-21-22-23-24-26-27-29-31-33-35-37-39-41-48(51)55-45-47(46-57-59(53,54)56-44-43-50)58-49(52)42-40-38-36-34-32-30-28-25-20-18-16-14-12-10-8-6-4-2/h28,30,34,36,47H,3-27,29,31-33,35,37-46,50H2,1-2H3,(H,53,54)/b30-28+,36-34+/t47-/m1/s1. The van der Waals surface area contributed by atoms with Crippen molar-refractivity contribution in [2.45, 2.75) is 251 Å². The molecule has 0 saturated carbocycles. The van der Waals surface area contributed by atoms with Crippen molar-refractivity contribution in [3.63, 3.8) is 0 Å². The summed E-state index contributed by atoms with van der Waals surface area (Å²) in [6.45, 7) is 3.73. The highest BCUT2D eigenvalue weighted by atomic mass is 31.2. The molecule has 0 amide bonds. The van der Waals surface area contributed by atoms with Gasteiger partial charge in [0.25, 0.3) is 0 Å². The molecule has 0 heterocycles. The van der Waals surface area contributed by atoms with Crippen molar-refractivity contribution in [1.29, 1.82) is 0 Å². The molecule has 3 N–H and O–H groups in total. The average Bonchev–Trinajstić information content (AvgIpc) is 3.22. The smallest absolute Gasteiger partial charge is 0.462 e. The van der Waals surface area contributed by atoms with Crippen LogP contribution in [0, 0.1) is 0 Å². The molecule has 0 aliphatic heterocycles. The van der Waals surface area contributed by atoms with Crippen LogP contribution in [0.3, 0.4) is 0 Å². The number of phosphoric acid groups is 1. The molecule has 348 valence electrons. The number of allylic oxidation sites excluding steroid dienone is 4. The summed E-state index contributed by atoms with van der Waals surface area (Å²) in [5, 5.41) is 0. The number of unbranched alkanes of at least 4 members (excludes halogenated alkanes) is 30. The summed E-state index contributed by atoms with van der Waals surface area (Å²) in [6, 6.07) is 0. The second-order valence-electron chi connectivity index (χ2n) is 16.7. The molecular formula is C49H94NO8P. The van der Waals surface area contributed by atoms with Crippen LogP contribution in [0.2, 0.25) is 0 Å². The molecule has 2 atom stereocenters. The molecule has 0 saturated heterocycles. The Morgan fingerprint density at radius 3 is 1.34 bits per heavy atom. The first-order valence-electron chi connectivity index (χ1n) is 24.8. The predicted molar refractivity (Wildman–Crippen MR) is 247 cm³/mol. The van der Waals surface area contributed by atoms with E-state index in [1.807, 2.05) is 0 Å². The zero-order valence-electron chi connectivity index (χ0n) is 38.5. The largest absolute Gasteiger partial charge is 0.472 e. The normalized spacial score (nSPS) is 13.4. The summed E-state index contributed by atoms with van der Waals surface area (Å²) in [7, 11) is -4.39. The van der Waals surface area contributed by atoms with E-state index in [1.54, 1.807) is 0 Å². The number of rotatable bonds is 47. The van der Waals surface area contributed by atoms with Crippen molar-refractivity contribution in [3.8, 4) is 0 Å². The third kappa shape index (κ3) is 45.8. The lowest BCUT2D eigenvalue weighted by Gasteiger charge is -2.19. The highest BCUT2D eigenvalue weighted by Gasteiger charge is 2.26. The topological polar surface area (TPSA) is 134 Å². The quantitative estimate of drug-likeness (QED) is 0.0265. The van der Waals surface area contributed by atoms with Gasteiger partial charge < -0.3 is 20.1 Å². The number of hydrogen-bond acceptors (Lipinski definition) is 8. The fraction of sp³-hybridized carbons (Fsp3) is 0.878. The van der Waals surface area contributed by atoms with E-state index in [1.165, 1.54) is 173 Å². The van der Waals surface area contributed by atoms with Crippen molar-refractivity contribution < 1.29 is 37.6 Å². The maximum atomic E-state index is 12.6. The third-order valence-electron chi connectivity index (χ3n) is 10.8. The van der Waals surface area contributed by atoms with E-state index in [0.717, 1.165) is 38.5 Å². The number of nitrogens with two attached hydrogens (primary N) is 1. The SMILES string of the molecule is CCCCCCCCCCC/C=C/C/C=C/CCCC(=O)O[C@H](COC(=O)CCCCCCCCCCCCCCCCCCCCCCC)COP(=O)(O)OCCN. The van der Waals surface area contributed by atoms with Gasteiger partial charge in [-0.25, -0.2) is 4.57 Å². The van der Waals surface area contributed by atoms with Crippen molar-refractivity contribution in [2.75, 3.05) is 26.4 Å². The summed E-state index contributed by atoms with van der Waals surface area (Å²) < 4.78 is 32.8. The minimum absolute atomic E-state index is 0.0492. The van der Waals surface area contributed by atoms with Crippen LogP contribution in [0.4, 0.5) is 0 Å². The van der Waals surface area contributed by atoms with Crippen LogP contribution in [0.5, 0.6) is 0 Å². The summed E-state index contributed by atoms with van der Waals surface area (Å²) in [6.07, 6.45) is 50.8. The van der Waals surface area contributed by atoms with Crippen LogP contribution >= 0.6 is 7.82 Å². The van der Waals surface area contributed by atoms with Crippen LogP contribution in [0.25, 0.3) is 0 Å². The Hall–Kier alpha value is -1.51. The van der Waals surface area contributed by atoms with Gasteiger partial charge in [-0.05, 0) is 38.5 Å². The number of carbonyl (C=O) groups excluding carboxylic acids is 2. The lowest BCUT2D eigenvalue weighted by Crippen LogP contribution is -2.29. The van der Waals surface area contributed by atoms with Crippen molar-refractivity contribution in [2.24, 2.45) is 5.73 Å². The average molecular weight is 856 g/mol. The van der Waals surface area contributed by atoms with Crippen LogP contribution in [-0.2, 0) is 32.7 Å². The van der Waals surface area contributed by atoms with Crippen molar-refractivity contribution in [1.82, 2.24) is 0 Å². The molecule has 0 radical (unpaired) electrons. The minimum atomic E-state index is -4.39. The zero-order valence-corrected chi connectivity index (χ0v) is 39.4. The molecule has 9 nitrogen and oxygen atoms in total. The van der Waals surface area contributed by atoms with Gasteiger partial charge in [0.05, 0.1) is 13.2 Å². The fourth-order valence-electron chi connectivity index (χ4n) is 7.15. The molecule has 0 aromatic rings. The first-order chi connectivity index (χ1) is 28.8. The maximum Gasteiger partial charge on any atom is 0.472 e. The number of esters is 2. The lowest BCUT2D eigenvalue weighted by molar-refractivity contribution is -0.161. The first kappa shape index (κ1) is 57.5. The first-order valence-corrected chi connectivity index (χ1v) is 26.3. The highest BCUT2D eigenvalue weighted by Crippen LogP contribution is 2.43. The van der Waals surface area contributed by atoms with E-state index in [0.29, 0.717) is 6.42 Å². The number of ether oxygens (including phenoxy) is 2. The predicted octanol–water partition coefficient (Wildman–Crippen LogP) is 14.7. The van der Waals surface area contributed by atoms with E-state index >= 15 is 0 Å². The summed E-state index contributed by atoms with van der Waals surface area (Å²) in [5.74, 6) is -0.869. The molecule has 0 fully saturated rings. The molecule has 59 heavy (non-hydrogen) atoms. The van der Waals surface area contributed by atoms with Gasteiger partial charge in [0, 0.05) is 19.4 Å². The van der Waals surface area contributed by atoms with Crippen LogP contribution in [0.1, 0.15) is 245 Å². The van der Waals surface area contributed by atoms with E-state index in [2.05, 4.69) is 38.2 Å². The van der Waals surface area contributed by atoms with Crippen molar-refractivity contribution >= 4 is 19.8 Å². The molecule has 0 bridgehead atoms. The second kappa shape index (κ2) is 46.0. The maximum absolute atomic E-state index is 12.6. The Balaban J connectivity index is 4.07. The van der Waals surface area contributed by atoms with Crippen LogP contribution < -0.4 is 5.73 Å². The molecule has 0 aliphatic rings. The lowest BCUT2D eigenvalue weighted by atomic mass is 10.0. The Bertz CT molecular complexity index is 1020. The minimum Gasteiger partial charge on any atom is -0.462 e. The summed E-state index contributed by atoms with van der Waals surface area (Å²) >= 11 is 0. The summed E-state index contributed by atoms with van der Waals surface area (Å²) in [4.78, 5) is 35.0. The van der Waals surface area contributed by atoms with E-state index in [4.69, 9.17) is 24.3 Å². The van der Waals surface area contributed by atoms with E-state index in [9.17, 15) is 19.0 Å². The van der Waals surface area contributed by atoms with Gasteiger partial charge in [-0.1, -0.05) is 218 Å². The fourth-order valence-corrected chi connectivity index (χ4v) is 7.91. The number of carbonyl (C=O) groups is 2. The Morgan fingerprint density at radius 2 is 0.898 bits per heavy atom. The molecular weight excluding hydrogens is 762 g/mol. The van der Waals surface area contributed by atoms with Gasteiger partial charge in [-0.15, -0.1) is 0 Å². The van der Waals surface area contributed by atoms with Gasteiger partial charge in [-0.2, -0.15) is 0 Å². The Kier molecular flexibility index (Phi) is 44.8. The van der Waals surface area contributed by atoms with Gasteiger partial charge in [0.15, 0.2) is 6.10 Å². The van der Waals surface area contributed by atoms with Gasteiger partial charge in [0.1, 0.15) is 6.61 Å². The molecule has 10 heteroatoms. The Labute approximate surface area is 363 Å². The van der Waals surface area contributed by atoms with Crippen LogP contribution in [-0.4, -0.2) is 49.3 Å². The Morgan fingerprint density at radius 1 is 0.508 bits per heavy atom. The molecule has 0 aliphatic carbocycles. The van der Waals surface area contributed by atoms with E-state index < -0.39 is 26.5 Å². The van der Waals surface area contributed by atoms with Gasteiger partial charge >= 0.3 is 19.8 Å². The van der Waals surface area contributed by atoms with Crippen LogP contribution in [0.15, 0.2) is 24.3 Å². The van der Waals surface area contributed by atoms with Crippen molar-refractivity contribution in [3.05, 3.63) is 24.3 Å². The second-order valence-corrected chi connectivity index (χ2v) is 18.1. The number of hydrogen-bond donors (Lipinski definition) is 2. The van der Waals surface area contributed by atoms with E-state index in [-0.39, 0.29) is 38.6 Å². The van der Waals surface area contributed by atoms with Gasteiger partial charge in [0.2, 0.25) is 0 Å². The molecule has 0 rings (SSSR count). The molecule has 0 aromatic heterocycles. The highest BCUT2D eigenvalue weighted by molar-refractivity contribution is 7.47. The monoisotopic (exact) mass is 856 g/mol. The molecule has 0 spiro atoms. The molecule has 0 aromatic carbocycles. The van der Waals surface area contributed by atoms with Gasteiger partial charge in [-0.3, -0.25) is 18.6 Å². The molecule has 1 unspecified atom stereocenters.